The minimum absolute atomic E-state index is 0.0889. The number of halogens is 1. The zero-order chi connectivity index (χ0) is 18.4. The van der Waals surface area contributed by atoms with Crippen LogP contribution in [0.15, 0.2) is 54.6 Å². The van der Waals surface area contributed by atoms with Gasteiger partial charge in [0, 0.05) is 0 Å². The summed E-state index contributed by atoms with van der Waals surface area (Å²) in [6.45, 7) is 4.31. The average molecular weight is 351 g/mol. The molecule has 3 rings (SSSR count). The Labute approximate surface area is 158 Å². The Bertz CT molecular complexity index is 718. The summed E-state index contributed by atoms with van der Waals surface area (Å²) in [7, 11) is 0. The van der Waals surface area contributed by atoms with Gasteiger partial charge in [0.05, 0.1) is 0 Å². The molecule has 2 aromatic rings. The van der Waals surface area contributed by atoms with Crippen LogP contribution in [-0.2, 0) is 6.42 Å². The SMILES string of the molecule is C/C=C/CCc1ccc(-c2ccc(C3CCC(CC)CC3)cc2)cc1F. The molecule has 1 fully saturated rings. The second-order valence-electron chi connectivity index (χ2n) is 7.66. The van der Waals surface area contributed by atoms with Crippen molar-refractivity contribution in [2.24, 2.45) is 5.92 Å². The van der Waals surface area contributed by atoms with Crippen LogP contribution in [0.2, 0.25) is 0 Å². The van der Waals surface area contributed by atoms with Crippen molar-refractivity contribution < 1.29 is 4.39 Å². The number of aryl methyl sites for hydroxylation is 1. The van der Waals surface area contributed by atoms with Crippen molar-refractivity contribution >= 4 is 0 Å². The second-order valence-corrected chi connectivity index (χ2v) is 7.66. The van der Waals surface area contributed by atoms with Crippen molar-refractivity contribution in [2.45, 2.75) is 64.7 Å². The zero-order valence-corrected chi connectivity index (χ0v) is 16.2. The van der Waals surface area contributed by atoms with Gasteiger partial charge >= 0.3 is 0 Å². The molecule has 0 spiro atoms. The maximum atomic E-state index is 14.4. The molecule has 0 bridgehead atoms. The minimum Gasteiger partial charge on any atom is -0.207 e. The highest BCUT2D eigenvalue weighted by Gasteiger charge is 2.21. The van der Waals surface area contributed by atoms with Gasteiger partial charge in [-0.2, -0.15) is 0 Å². The van der Waals surface area contributed by atoms with Crippen molar-refractivity contribution in [3.8, 4) is 11.1 Å². The molecule has 0 radical (unpaired) electrons. The highest BCUT2D eigenvalue weighted by atomic mass is 19.1. The Morgan fingerprint density at radius 2 is 1.65 bits per heavy atom. The molecule has 2 aromatic carbocycles. The third kappa shape index (κ3) is 4.63. The van der Waals surface area contributed by atoms with Crippen LogP contribution in [0.3, 0.4) is 0 Å². The van der Waals surface area contributed by atoms with Gasteiger partial charge in [0.25, 0.3) is 0 Å². The van der Waals surface area contributed by atoms with Gasteiger partial charge in [0.15, 0.2) is 0 Å². The van der Waals surface area contributed by atoms with E-state index >= 15 is 0 Å². The fourth-order valence-electron chi connectivity index (χ4n) is 4.19. The maximum Gasteiger partial charge on any atom is 0.127 e. The summed E-state index contributed by atoms with van der Waals surface area (Å²) in [6.07, 6.45) is 12.4. The molecule has 0 nitrogen and oxygen atoms in total. The first-order valence-electron chi connectivity index (χ1n) is 10.2. The molecular formula is C25H31F. The topological polar surface area (TPSA) is 0 Å². The van der Waals surface area contributed by atoms with E-state index in [0.29, 0.717) is 5.92 Å². The quantitative estimate of drug-likeness (QED) is 0.468. The Hall–Kier alpha value is -1.89. The van der Waals surface area contributed by atoms with Gasteiger partial charge in [-0.25, -0.2) is 4.39 Å². The molecule has 1 saturated carbocycles. The fraction of sp³-hybridized carbons (Fsp3) is 0.440. The van der Waals surface area contributed by atoms with Gasteiger partial charge in [-0.3, -0.25) is 0 Å². The van der Waals surface area contributed by atoms with E-state index in [9.17, 15) is 4.39 Å². The lowest BCUT2D eigenvalue weighted by Crippen LogP contribution is -2.12. The predicted octanol–water partition coefficient (Wildman–Crippen LogP) is 7.69. The number of hydrogen-bond acceptors (Lipinski definition) is 0. The Balaban J connectivity index is 1.67. The summed E-state index contributed by atoms with van der Waals surface area (Å²) in [5.74, 6) is 1.55. The Kier molecular flexibility index (Phi) is 6.66. The van der Waals surface area contributed by atoms with Crippen LogP contribution in [0.5, 0.6) is 0 Å². The number of allylic oxidation sites excluding steroid dienone is 2. The number of rotatable bonds is 6. The molecule has 0 aromatic heterocycles. The number of hydrogen-bond donors (Lipinski definition) is 0. The fourth-order valence-corrected chi connectivity index (χ4v) is 4.19. The van der Waals surface area contributed by atoms with Crippen LogP contribution >= 0.6 is 0 Å². The predicted molar refractivity (Wildman–Crippen MR) is 110 cm³/mol. The normalized spacial score (nSPS) is 20.6. The van der Waals surface area contributed by atoms with Crippen LogP contribution < -0.4 is 0 Å². The largest absolute Gasteiger partial charge is 0.207 e. The average Bonchev–Trinajstić information content (AvgIpc) is 2.69. The van der Waals surface area contributed by atoms with Crippen LogP contribution in [0.1, 0.15) is 69.4 Å². The van der Waals surface area contributed by atoms with Crippen LogP contribution in [0.4, 0.5) is 4.39 Å². The molecule has 1 aliphatic rings. The van der Waals surface area contributed by atoms with Crippen molar-refractivity contribution in [1.82, 2.24) is 0 Å². The maximum absolute atomic E-state index is 14.4. The lowest BCUT2D eigenvalue weighted by molar-refractivity contribution is 0.319. The molecule has 0 aliphatic heterocycles. The molecule has 0 N–H and O–H groups in total. The summed E-state index contributed by atoms with van der Waals surface area (Å²) in [5.41, 5.74) is 4.33. The van der Waals surface area contributed by atoms with Crippen molar-refractivity contribution in [3.05, 3.63) is 71.6 Å². The molecule has 0 heterocycles. The molecule has 0 unspecified atom stereocenters. The van der Waals surface area contributed by atoms with Crippen LogP contribution in [0, 0.1) is 11.7 Å². The summed E-state index contributed by atoms with van der Waals surface area (Å²) in [4.78, 5) is 0. The zero-order valence-electron chi connectivity index (χ0n) is 16.2. The number of benzene rings is 2. The van der Waals surface area contributed by atoms with Gasteiger partial charge in [0.2, 0.25) is 0 Å². The summed E-state index contributed by atoms with van der Waals surface area (Å²) < 4.78 is 14.4. The van der Waals surface area contributed by atoms with E-state index in [-0.39, 0.29) is 5.82 Å². The van der Waals surface area contributed by atoms with Crippen LogP contribution in [-0.4, -0.2) is 0 Å². The van der Waals surface area contributed by atoms with E-state index in [1.165, 1.54) is 37.7 Å². The molecule has 0 saturated heterocycles. The molecule has 1 heteroatoms. The van der Waals surface area contributed by atoms with E-state index in [1.807, 2.05) is 19.1 Å². The minimum atomic E-state index is -0.0889. The van der Waals surface area contributed by atoms with Crippen molar-refractivity contribution in [3.63, 3.8) is 0 Å². The lowest BCUT2D eigenvalue weighted by atomic mass is 9.77. The summed E-state index contributed by atoms with van der Waals surface area (Å²) >= 11 is 0. The highest BCUT2D eigenvalue weighted by molar-refractivity contribution is 5.64. The van der Waals surface area contributed by atoms with Gasteiger partial charge < -0.3 is 0 Å². The molecule has 138 valence electrons. The van der Waals surface area contributed by atoms with E-state index < -0.39 is 0 Å². The summed E-state index contributed by atoms with van der Waals surface area (Å²) in [6, 6.07) is 14.5. The first kappa shape index (κ1) is 18.9. The van der Waals surface area contributed by atoms with Gasteiger partial charge in [-0.1, -0.05) is 61.9 Å². The van der Waals surface area contributed by atoms with Gasteiger partial charge in [-0.15, -0.1) is 0 Å². The standard InChI is InChI=1S/C25H31F/c1-3-5-6-7-23-16-17-24(18-25(23)26)22-14-12-21(13-15-22)20-10-8-19(4-2)9-11-20/h3,5,12-20H,4,6-11H2,1-2H3/b5-3+. The first-order valence-corrected chi connectivity index (χ1v) is 10.2. The summed E-state index contributed by atoms with van der Waals surface area (Å²) in [5, 5.41) is 0. The van der Waals surface area contributed by atoms with Crippen molar-refractivity contribution in [2.75, 3.05) is 0 Å². The van der Waals surface area contributed by atoms with E-state index in [4.69, 9.17) is 0 Å². The van der Waals surface area contributed by atoms with E-state index in [2.05, 4.69) is 43.3 Å². The van der Waals surface area contributed by atoms with Gasteiger partial charge in [-0.05, 0) is 85.6 Å². The first-order chi connectivity index (χ1) is 12.7. The lowest BCUT2D eigenvalue weighted by Gasteiger charge is -2.28. The Morgan fingerprint density at radius 3 is 2.27 bits per heavy atom. The van der Waals surface area contributed by atoms with E-state index in [0.717, 1.165) is 35.4 Å². The third-order valence-electron chi connectivity index (χ3n) is 6.01. The molecule has 26 heavy (non-hydrogen) atoms. The second kappa shape index (κ2) is 9.16. The molecule has 0 atom stereocenters. The van der Waals surface area contributed by atoms with Crippen molar-refractivity contribution in [1.29, 1.82) is 0 Å². The third-order valence-corrected chi connectivity index (χ3v) is 6.01. The van der Waals surface area contributed by atoms with Gasteiger partial charge in [0.1, 0.15) is 5.82 Å². The molecule has 0 amide bonds. The monoisotopic (exact) mass is 350 g/mol. The van der Waals surface area contributed by atoms with Crippen LogP contribution in [0.25, 0.3) is 11.1 Å². The smallest absolute Gasteiger partial charge is 0.127 e. The van der Waals surface area contributed by atoms with E-state index in [1.54, 1.807) is 6.07 Å². The highest BCUT2D eigenvalue weighted by Crippen LogP contribution is 2.37. The molecule has 1 aliphatic carbocycles. The Morgan fingerprint density at radius 1 is 0.962 bits per heavy atom. The molecular weight excluding hydrogens is 319 g/mol.